The van der Waals surface area contributed by atoms with Crippen LogP contribution in [0.25, 0.3) is 5.65 Å². The third kappa shape index (κ3) is 3.78. The highest BCUT2D eigenvalue weighted by Crippen LogP contribution is 2.27. The van der Waals surface area contributed by atoms with Crippen LogP contribution in [0.3, 0.4) is 0 Å². The topological polar surface area (TPSA) is 71.3 Å². The first-order chi connectivity index (χ1) is 12.3. The Morgan fingerprint density at radius 3 is 2.92 bits per heavy atom. The van der Waals surface area contributed by atoms with Gasteiger partial charge in [0.1, 0.15) is 5.69 Å². The van der Waals surface area contributed by atoms with Gasteiger partial charge in [-0.05, 0) is 36.6 Å². The van der Waals surface area contributed by atoms with Crippen LogP contribution in [0.5, 0.6) is 0 Å². The summed E-state index contributed by atoms with van der Waals surface area (Å²) in [7, 11) is 0. The lowest BCUT2D eigenvalue weighted by atomic mass is 10.1. The quantitative estimate of drug-likeness (QED) is 0.725. The summed E-state index contributed by atoms with van der Waals surface area (Å²) in [5.74, 6) is 7.01. The number of hydrogen-bond donors (Lipinski definition) is 2. The number of amides is 2. The number of anilines is 1. The number of nitrogens with one attached hydrogen (secondary N) is 2. The van der Waals surface area contributed by atoms with Crippen molar-refractivity contribution < 1.29 is 4.79 Å². The molecule has 0 aliphatic heterocycles. The van der Waals surface area contributed by atoms with Gasteiger partial charge in [-0.15, -0.1) is 0 Å². The molecule has 2 amide bonds. The maximum Gasteiger partial charge on any atom is 0.319 e. The molecule has 6 heteroatoms. The summed E-state index contributed by atoms with van der Waals surface area (Å²) in [4.78, 5) is 16.3. The second-order valence-corrected chi connectivity index (χ2v) is 5.99. The highest BCUT2D eigenvalue weighted by molar-refractivity contribution is 5.92. The highest BCUT2D eigenvalue weighted by atomic mass is 16.2. The Morgan fingerprint density at radius 2 is 2.12 bits per heavy atom. The Labute approximate surface area is 145 Å². The monoisotopic (exact) mass is 331 g/mol. The SMILES string of the molecule is O=C(NCc1ccc(C#CC2CC2)cc1)Nc1cnn2cccnc12. The van der Waals surface area contributed by atoms with Crippen molar-refractivity contribution in [3.05, 3.63) is 60.0 Å². The zero-order valence-corrected chi connectivity index (χ0v) is 13.6. The molecule has 2 aromatic heterocycles. The van der Waals surface area contributed by atoms with E-state index in [0.29, 0.717) is 23.8 Å². The minimum Gasteiger partial charge on any atom is -0.334 e. The number of carbonyl (C=O) groups is 1. The van der Waals surface area contributed by atoms with Gasteiger partial charge in [0.15, 0.2) is 5.65 Å². The molecule has 0 bridgehead atoms. The van der Waals surface area contributed by atoms with Crippen molar-refractivity contribution in [1.29, 1.82) is 0 Å². The van der Waals surface area contributed by atoms with Crippen LogP contribution in [0, 0.1) is 17.8 Å². The van der Waals surface area contributed by atoms with Crippen LogP contribution in [-0.2, 0) is 6.54 Å². The van der Waals surface area contributed by atoms with Gasteiger partial charge in [0.25, 0.3) is 0 Å². The van der Waals surface area contributed by atoms with Gasteiger partial charge in [-0.3, -0.25) is 0 Å². The first-order valence-corrected chi connectivity index (χ1v) is 8.21. The summed E-state index contributed by atoms with van der Waals surface area (Å²) < 4.78 is 1.61. The lowest BCUT2D eigenvalue weighted by Crippen LogP contribution is -2.28. The Kier molecular flexibility index (Phi) is 4.05. The largest absolute Gasteiger partial charge is 0.334 e. The van der Waals surface area contributed by atoms with E-state index in [1.807, 2.05) is 24.3 Å². The maximum atomic E-state index is 12.1. The van der Waals surface area contributed by atoms with Crippen molar-refractivity contribution in [2.75, 3.05) is 5.32 Å². The molecular weight excluding hydrogens is 314 g/mol. The predicted octanol–water partition coefficient (Wildman–Crippen LogP) is 2.81. The van der Waals surface area contributed by atoms with Gasteiger partial charge >= 0.3 is 6.03 Å². The molecule has 0 spiro atoms. The molecule has 1 aliphatic carbocycles. The van der Waals surface area contributed by atoms with E-state index in [4.69, 9.17) is 0 Å². The molecule has 0 radical (unpaired) electrons. The van der Waals surface area contributed by atoms with Crippen molar-refractivity contribution in [2.24, 2.45) is 5.92 Å². The Hall–Kier alpha value is -3.33. The van der Waals surface area contributed by atoms with Crippen molar-refractivity contribution in [2.45, 2.75) is 19.4 Å². The number of aromatic nitrogens is 3. The van der Waals surface area contributed by atoms with E-state index in [9.17, 15) is 4.79 Å². The number of fused-ring (bicyclic) bond motifs is 1. The predicted molar refractivity (Wildman–Crippen MR) is 94.9 cm³/mol. The normalized spacial score (nSPS) is 13.1. The van der Waals surface area contributed by atoms with E-state index >= 15 is 0 Å². The summed E-state index contributed by atoms with van der Waals surface area (Å²) in [5.41, 5.74) is 3.21. The van der Waals surface area contributed by atoms with Crippen LogP contribution in [0.2, 0.25) is 0 Å². The van der Waals surface area contributed by atoms with Crippen molar-refractivity contribution >= 4 is 17.4 Å². The summed E-state index contributed by atoms with van der Waals surface area (Å²) >= 11 is 0. The third-order valence-electron chi connectivity index (χ3n) is 3.93. The van der Waals surface area contributed by atoms with Crippen LogP contribution in [-0.4, -0.2) is 20.6 Å². The van der Waals surface area contributed by atoms with Gasteiger partial charge < -0.3 is 10.6 Å². The fourth-order valence-electron chi connectivity index (χ4n) is 2.38. The fourth-order valence-corrected chi connectivity index (χ4v) is 2.38. The summed E-state index contributed by atoms with van der Waals surface area (Å²) in [6.45, 7) is 0.439. The molecule has 1 aromatic carbocycles. The van der Waals surface area contributed by atoms with Gasteiger partial charge in [0.2, 0.25) is 0 Å². The minimum atomic E-state index is -0.293. The molecule has 2 heterocycles. The van der Waals surface area contributed by atoms with Crippen LogP contribution >= 0.6 is 0 Å². The molecule has 4 rings (SSSR count). The lowest BCUT2D eigenvalue weighted by Gasteiger charge is -2.06. The highest BCUT2D eigenvalue weighted by Gasteiger charge is 2.17. The molecule has 0 unspecified atom stereocenters. The van der Waals surface area contributed by atoms with Gasteiger partial charge in [0, 0.05) is 30.4 Å². The summed E-state index contributed by atoms with van der Waals surface area (Å²) in [6, 6.07) is 9.42. The Morgan fingerprint density at radius 1 is 1.28 bits per heavy atom. The van der Waals surface area contributed by atoms with Crippen molar-refractivity contribution in [1.82, 2.24) is 19.9 Å². The first-order valence-electron chi connectivity index (χ1n) is 8.21. The maximum absolute atomic E-state index is 12.1. The standard InChI is InChI=1S/C19H17N5O/c25-19(23-17-13-22-24-11-1-10-20-18(17)24)21-12-16-8-6-15(7-9-16)5-4-14-2-3-14/h1,6-11,13-14H,2-3,12H2,(H2,21,23,25). The molecule has 1 aliphatic rings. The molecular formula is C19H17N5O. The second-order valence-electron chi connectivity index (χ2n) is 5.99. The van der Waals surface area contributed by atoms with E-state index in [-0.39, 0.29) is 6.03 Å². The number of benzene rings is 1. The van der Waals surface area contributed by atoms with Crippen LogP contribution in [0.1, 0.15) is 24.0 Å². The van der Waals surface area contributed by atoms with E-state index in [1.165, 1.54) is 12.8 Å². The Balaban J connectivity index is 1.33. The van der Waals surface area contributed by atoms with Gasteiger partial charge in [0.05, 0.1) is 6.20 Å². The molecule has 6 nitrogen and oxygen atoms in total. The third-order valence-corrected chi connectivity index (χ3v) is 3.93. The number of nitrogens with zero attached hydrogens (tertiary/aromatic N) is 3. The van der Waals surface area contributed by atoms with Gasteiger partial charge in [-0.25, -0.2) is 14.3 Å². The molecule has 3 aromatic rings. The van der Waals surface area contributed by atoms with Crippen molar-refractivity contribution in [3.8, 4) is 11.8 Å². The molecule has 0 saturated heterocycles. The van der Waals surface area contributed by atoms with Gasteiger partial charge in [-0.1, -0.05) is 24.0 Å². The van der Waals surface area contributed by atoms with Crippen LogP contribution in [0.4, 0.5) is 10.5 Å². The second kappa shape index (κ2) is 6.65. The van der Waals surface area contributed by atoms with Crippen molar-refractivity contribution in [3.63, 3.8) is 0 Å². The number of rotatable bonds is 3. The average molecular weight is 331 g/mol. The van der Waals surface area contributed by atoms with E-state index < -0.39 is 0 Å². The van der Waals surface area contributed by atoms with Crippen LogP contribution in [0.15, 0.2) is 48.9 Å². The van der Waals surface area contributed by atoms with Crippen LogP contribution < -0.4 is 10.6 Å². The zero-order chi connectivity index (χ0) is 17.1. The molecule has 1 saturated carbocycles. The molecule has 124 valence electrons. The van der Waals surface area contributed by atoms with Gasteiger partial charge in [-0.2, -0.15) is 5.10 Å². The molecule has 25 heavy (non-hydrogen) atoms. The molecule has 1 fully saturated rings. The smallest absolute Gasteiger partial charge is 0.319 e. The lowest BCUT2D eigenvalue weighted by molar-refractivity contribution is 0.252. The average Bonchev–Trinajstić information content (AvgIpc) is 3.40. The molecule has 0 atom stereocenters. The van der Waals surface area contributed by atoms with E-state index in [0.717, 1.165) is 11.1 Å². The van der Waals surface area contributed by atoms with E-state index in [1.54, 1.807) is 29.2 Å². The number of hydrogen-bond acceptors (Lipinski definition) is 3. The number of carbonyl (C=O) groups excluding carboxylic acids is 1. The fraction of sp³-hybridized carbons (Fsp3) is 0.211. The summed E-state index contributed by atoms with van der Waals surface area (Å²) in [6.07, 6.45) is 7.47. The molecule has 2 N–H and O–H groups in total. The number of urea groups is 1. The van der Waals surface area contributed by atoms with E-state index in [2.05, 4.69) is 32.6 Å². The zero-order valence-electron chi connectivity index (χ0n) is 13.6. The Bertz CT molecular complexity index is 961. The summed E-state index contributed by atoms with van der Waals surface area (Å²) in [5, 5.41) is 9.73. The first kappa shape index (κ1) is 15.2. The minimum absolute atomic E-state index is 0.293.